The van der Waals surface area contributed by atoms with Crippen molar-refractivity contribution in [3.63, 3.8) is 0 Å². The topological polar surface area (TPSA) is 205 Å². The van der Waals surface area contributed by atoms with Gasteiger partial charge in [-0.05, 0) is 112 Å². The Morgan fingerprint density at radius 2 is 0.758 bits per heavy atom. The van der Waals surface area contributed by atoms with Crippen molar-refractivity contribution in [3.8, 4) is 0 Å². The lowest BCUT2D eigenvalue weighted by Crippen LogP contribution is -2.26. The van der Waals surface area contributed by atoms with Crippen LogP contribution in [-0.4, -0.2) is 75.9 Å². The van der Waals surface area contributed by atoms with Crippen LogP contribution in [0.2, 0.25) is 54.6 Å². The number of thiazole rings is 1. The predicted molar refractivity (Wildman–Crippen MR) is 417 cm³/mol. The van der Waals surface area contributed by atoms with Gasteiger partial charge in [-0.25, -0.2) is 28.7 Å². The van der Waals surface area contributed by atoms with Crippen LogP contribution < -0.4 is 22.2 Å². The first-order valence-corrected chi connectivity index (χ1v) is 37.8. The van der Waals surface area contributed by atoms with Crippen LogP contribution in [0.15, 0.2) is 166 Å². The Morgan fingerprint density at radius 1 is 0.374 bits per heavy atom. The maximum atomic E-state index is 12.8. The van der Waals surface area contributed by atoms with Gasteiger partial charge in [0.1, 0.15) is 79.7 Å². The first-order valence-electron chi connectivity index (χ1n) is 33.2. The van der Waals surface area contributed by atoms with Gasteiger partial charge in [0, 0.05) is 75.4 Å². The van der Waals surface area contributed by atoms with Crippen LogP contribution in [0.3, 0.4) is 0 Å². The quantitative estimate of drug-likeness (QED) is 0.0827. The summed E-state index contributed by atoms with van der Waals surface area (Å²) in [6.07, 6.45) is 3.41. The van der Waals surface area contributed by atoms with Crippen molar-refractivity contribution >= 4 is 170 Å². The zero-order valence-corrected chi connectivity index (χ0v) is 61.2. The third-order valence-corrected chi connectivity index (χ3v) is 20.7. The fourth-order valence-electron chi connectivity index (χ4n) is 12.1. The summed E-state index contributed by atoms with van der Waals surface area (Å²) in [5, 5.41) is 44.3. The van der Waals surface area contributed by atoms with Crippen LogP contribution >= 0.6 is 56.7 Å². The molecule has 26 heteroatoms. The molecule has 0 fully saturated rings. The number of hydrogen-bond acceptors (Lipinski definition) is 18. The van der Waals surface area contributed by atoms with Crippen LogP contribution in [0.1, 0.15) is 61.9 Å². The molecule has 0 atom stereocenters. The maximum Gasteiger partial charge on any atom is 0.275 e. The molecular formula is C73H72B4N10O7S5. The SMILES string of the molecule is CB(C)Cc1nn(Cc2cc3cc(C)ccc3o2)c(=O)c2cscc12.CB(C)Cc1nn(Cc2cc3ccccc3o2)c(=O)c2cscc12.CB(C)Cc1nn(Cc2nc3cc(C)ccc3o2)c(=O)c2cscc12.CB(C)Cc1nn(Cc2nc3cc(C)ccc3s2)c(=O)c2cscc12. The molecular weight excluding hydrogens is 1330 g/mol. The first-order chi connectivity index (χ1) is 47.6. The van der Waals surface area contributed by atoms with Crippen LogP contribution in [0.4, 0.5) is 0 Å². The number of aryl methyl sites for hydroxylation is 3. The molecule has 4 aromatic carbocycles. The van der Waals surface area contributed by atoms with Crippen molar-refractivity contribution in [2.75, 3.05) is 0 Å². The zero-order valence-electron chi connectivity index (χ0n) is 57.1. The summed E-state index contributed by atoms with van der Waals surface area (Å²) < 4.78 is 24.8. The highest BCUT2D eigenvalue weighted by molar-refractivity contribution is 7.18. The van der Waals surface area contributed by atoms with E-state index in [1.807, 2.05) is 117 Å². The zero-order chi connectivity index (χ0) is 69.3. The van der Waals surface area contributed by atoms with Gasteiger partial charge in [0.2, 0.25) is 5.89 Å². The average Bonchev–Trinajstić information content (AvgIpc) is 1.59. The van der Waals surface area contributed by atoms with Crippen molar-refractivity contribution in [3.05, 3.63) is 237 Å². The molecule has 0 saturated heterocycles. The van der Waals surface area contributed by atoms with E-state index in [0.29, 0.717) is 52.4 Å². The Hall–Kier alpha value is -9.06. The number of benzene rings is 4. The summed E-state index contributed by atoms with van der Waals surface area (Å²) in [5.41, 5.74) is 11.4. The number of furan rings is 2. The summed E-state index contributed by atoms with van der Waals surface area (Å²) in [4.78, 5) is 60.2. The summed E-state index contributed by atoms with van der Waals surface area (Å²) in [5.74, 6) is 2.00. The van der Waals surface area contributed by atoms with Gasteiger partial charge >= 0.3 is 0 Å². The minimum absolute atomic E-state index is 0.0285. The molecule has 17 nitrogen and oxygen atoms in total. The van der Waals surface area contributed by atoms with E-state index in [1.165, 1.54) is 36.5 Å². The molecule has 0 unspecified atom stereocenters. The second kappa shape index (κ2) is 29.4. The average molecular weight is 1410 g/mol. The van der Waals surface area contributed by atoms with E-state index in [4.69, 9.17) is 13.3 Å². The Morgan fingerprint density at radius 3 is 1.22 bits per heavy atom. The normalized spacial score (nSPS) is 11.5. The van der Waals surface area contributed by atoms with Crippen LogP contribution in [0, 0.1) is 20.8 Å². The summed E-state index contributed by atoms with van der Waals surface area (Å²) in [7, 11) is 0. The van der Waals surface area contributed by atoms with E-state index in [-0.39, 0.29) is 28.8 Å². The van der Waals surface area contributed by atoms with Crippen LogP contribution in [0.5, 0.6) is 0 Å². The van der Waals surface area contributed by atoms with E-state index in [2.05, 4.69) is 123 Å². The van der Waals surface area contributed by atoms with E-state index in [1.54, 1.807) is 50.0 Å². The number of para-hydroxylation sites is 1. The maximum absolute atomic E-state index is 12.8. The summed E-state index contributed by atoms with van der Waals surface area (Å²) >= 11 is 7.83. The Labute approximate surface area is 592 Å². The van der Waals surface area contributed by atoms with E-state index in [9.17, 15) is 19.2 Å². The number of hydrogen-bond donors (Lipinski definition) is 0. The van der Waals surface area contributed by atoms with Gasteiger partial charge in [0.25, 0.3) is 22.2 Å². The van der Waals surface area contributed by atoms with Crippen molar-refractivity contribution in [1.29, 1.82) is 0 Å². The first kappa shape index (κ1) is 68.5. The smallest absolute Gasteiger partial charge is 0.275 e. The number of nitrogens with zero attached hydrogens (tertiary/aromatic N) is 10. The molecule has 0 amide bonds. The molecule has 0 radical (unpaired) electrons. The summed E-state index contributed by atoms with van der Waals surface area (Å²) in [6.45, 7) is 26.7. The van der Waals surface area contributed by atoms with Crippen molar-refractivity contribution in [1.82, 2.24) is 49.1 Å². The standard InChI is InChI=1S/C19H19BN2O2S.C18H18BN3O2S.C18H18BN3OS2.C18H17BN2O2S/c1-12-4-5-18-13(6-12)7-14(24-18)9-22-19(23)16-11-25-10-15(16)17(21-22)8-20(2)3;1-11-4-5-16-14(6-11)20-17(24-16)8-22-18(23)13-10-25-9-12(13)15(21-22)7-19(2)3;1-11-4-5-16-14(6-11)20-17(25-16)8-22-18(23)13-10-24-9-12(13)15(21-22)7-19(2)3;1-19(2)8-16-14-10-24-11-15(14)18(22)21(20-16)9-13-7-12-5-3-4-6-17(12)23-13/h4-7,10-11H,8-9H2,1-3H3;2*4-6,9-10H,7-8H2,1-3H3;3-7,10-11H,8-9H2,1-2H3. The van der Waals surface area contributed by atoms with Crippen LogP contribution in [-0.2, 0) is 51.5 Å². The lowest BCUT2D eigenvalue weighted by atomic mass is 9.51. The molecule has 16 rings (SSSR count). The molecule has 12 aromatic heterocycles. The molecule has 0 aliphatic heterocycles. The monoisotopic (exact) mass is 1400 g/mol. The fraction of sp³-hybridized carbons (Fsp3) is 0.260. The minimum Gasteiger partial charge on any atom is -0.459 e. The minimum atomic E-state index is -0.0952. The molecule has 12 heterocycles. The Kier molecular flexibility index (Phi) is 20.3. The molecule has 99 heavy (non-hydrogen) atoms. The number of rotatable bonds is 16. The highest BCUT2D eigenvalue weighted by Gasteiger charge is 2.21. The third kappa shape index (κ3) is 15.4. The molecule has 0 saturated carbocycles. The Bertz CT molecular complexity index is 5420. The molecule has 498 valence electrons. The van der Waals surface area contributed by atoms with Gasteiger partial charge in [-0.3, -0.25) is 19.2 Å². The molecule has 0 aliphatic rings. The van der Waals surface area contributed by atoms with Crippen molar-refractivity contribution in [2.24, 2.45) is 0 Å². The van der Waals surface area contributed by atoms with Gasteiger partial charge in [-0.15, -0.1) is 11.3 Å². The van der Waals surface area contributed by atoms with Gasteiger partial charge in [-0.1, -0.05) is 96.5 Å². The third-order valence-electron chi connectivity index (χ3n) is 16.7. The highest BCUT2D eigenvalue weighted by atomic mass is 32.1. The molecule has 0 N–H and O–H groups in total. The van der Waals surface area contributed by atoms with Gasteiger partial charge in [0.05, 0.1) is 61.1 Å². The van der Waals surface area contributed by atoms with E-state index >= 15 is 0 Å². The van der Waals surface area contributed by atoms with Gasteiger partial charge < -0.3 is 13.3 Å². The Balaban J connectivity index is 0.000000119. The number of thiophene rings is 4. The summed E-state index contributed by atoms with van der Waals surface area (Å²) in [6, 6.07) is 30.0. The highest BCUT2D eigenvalue weighted by Crippen LogP contribution is 2.29. The lowest BCUT2D eigenvalue weighted by Gasteiger charge is -2.08. The van der Waals surface area contributed by atoms with Gasteiger partial charge in [0.15, 0.2) is 5.58 Å². The predicted octanol–water partition coefficient (Wildman–Crippen LogP) is 16.5. The number of fused-ring (bicyclic) bond motifs is 8. The second-order valence-electron chi connectivity index (χ2n) is 27.0. The fourth-order valence-corrected chi connectivity index (χ4v) is 16.4. The number of aromatic nitrogens is 10. The molecule has 0 aliphatic carbocycles. The molecule has 0 bridgehead atoms. The van der Waals surface area contributed by atoms with Crippen molar-refractivity contribution in [2.45, 2.75) is 127 Å². The van der Waals surface area contributed by atoms with E-state index in [0.717, 1.165) is 156 Å². The second-order valence-corrected chi connectivity index (χ2v) is 31.1. The van der Waals surface area contributed by atoms with Crippen molar-refractivity contribution < 1.29 is 13.3 Å². The number of oxazole rings is 1. The van der Waals surface area contributed by atoms with Crippen LogP contribution in [0.25, 0.3) is 86.3 Å². The molecule has 16 aromatic rings. The lowest BCUT2D eigenvalue weighted by molar-refractivity contribution is 0.481. The largest absolute Gasteiger partial charge is 0.459 e. The van der Waals surface area contributed by atoms with Gasteiger partial charge in [-0.2, -0.15) is 65.7 Å². The van der Waals surface area contributed by atoms with E-state index < -0.39 is 0 Å². The molecule has 0 spiro atoms.